The second-order valence-electron chi connectivity index (χ2n) is 5.80. The molecule has 2 fully saturated rings. The normalized spacial score (nSPS) is 25.7. The quantitative estimate of drug-likeness (QED) is 0.795. The predicted octanol–water partition coefficient (Wildman–Crippen LogP) is 1.82. The summed E-state index contributed by atoms with van der Waals surface area (Å²) in [5.41, 5.74) is 0.384. The molecule has 0 unspecified atom stereocenters. The Hall–Kier alpha value is -1.62. The van der Waals surface area contributed by atoms with Crippen molar-refractivity contribution in [2.24, 2.45) is 5.92 Å². The fourth-order valence-corrected chi connectivity index (χ4v) is 3.30. The standard InChI is InChI=1S/C15H18ClN3O2/c1-18-12-4-2-3-10(14(18)20)8-19(9-12)15(21)13-6-5-11(16)7-17-13/h5-7,10,12H,2-4,8-9H2,1H3/t10-,12+/m1/s1. The molecule has 2 bridgehead atoms. The van der Waals surface area contributed by atoms with E-state index in [0.717, 1.165) is 19.3 Å². The van der Waals surface area contributed by atoms with E-state index in [-0.39, 0.29) is 23.8 Å². The lowest BCUT2D eigenvalue weighted by Crippen LogP contribution is -2.42. The molecule has 6 heteroatoms. The number of fused-ring (bicyclic) bond motifs is 3. The minimum absolute atomic E-state index is 0.0845. The first-order chi connectivity index (χ1) is 10.1. The first-order valence-electron chi connectivity index (χ1n) is 7.24. The summed E-state index contributed by atoms with van der Waals surface area (Å²) >= 11 is 5.81. The van der Waals surface area contributed by atoms with Crippen LogP contribution in [0.25, 0.3) is 0 Å². The second kappa shape index (κ2) is 5.64. The van der Waals surface area contributed by atoms with E-state index in [1.165, 1.54) is 6.20 Å². The van der Waals surface area contributed by atoms with Crippen LogP contribution in [0.4, 0.5) is 0 Å². The molecule has 2 amide bonds. The maximum atomic E-state index is 12.6. The van der Waals surface area contributed by atoms with Gasteiger partial charge in [-0.15, -0.1) is 0 Å². The molecule has 0 radical (unpaired) electrons. The Morgan fingerprint density at radius 3 is 2.86 bits per heavy atom. The van der Waals surface area contributed by atoms with Crippen LogP contribution in [0.2, 0.25) is 5.02 Å². The van der Waals surface area contributed by atoms with Crippen molar-refractivity contribution in [3.63, 3.8) is 0 Å². The van der Waals surface area contributed by atoms with E-state index in [9.17, 15) is 9.59 Å². The highest BCUT2D eigenvalue weighted by Crippen LogP contribution is 2.27. The van der Waals surface area contributed by atoms with Crippen molar-refractivity contribution in [3.05, 3.63) is 29.0 Å². The van der Waals surface area contributed by atoms with Crippen LogP contribution in [0, 0.1) is 5.92 Å². The maximum Gasteiger partial charge on any atom is 0.272 e. The Morgan fingerprint density at radius 1 is 1.33 bits per heavy atom. The highest BCUT2D eigenvalue weighted by Gasteiger charge is 2.38. The number of carbonyl (C=O) groups excluding carboxylic acids is 2. The van der Waals surface area contributed by atoms with Crippen LogP contribution in [-0.2, 0) is 4.79 Å². The molecular formula is C15H18ClN3O2. The summed E-state index contributed by atoms with van der Waals surface area (Å²) in [5.74, 6) is -0.0396. The number of halogens is 1. The van der Waals surface area contributed by atoms with E-state index in [0.29, 0.717) is 23.8 Å². The monoisotopic (exact) mass is 307 g/mol. The zero-order chi connectivity index (χ0) is 15.0. The van der Waals surface area contributed by atoms with Crippen LogP contribution >= 0.6 is 11.6 Å². The molecule has 1 aromatic rings. The number of hydrogen-bond acceptors (Lipinski definition) is 3. The van der Waals surface area contributed by atoms with Gasteiger partial charge < -0.3 is 9.80 Å². The van der Waals surface area contributed by atoms with Crippen molar-refractivity contribution >= 4 is 23.4 Å². The molecule has 3 rings (SSSR count). The molecule has 0 aliphatic carbocycles. The lowest BCUT2D eigenvalue weighted by molar-refractivity contribution is -0.134. The summed E-state index contributed by atoms with van der Waals surface area (Å²) in [7, 11) is 1.85. The van der Waals surface area contributed by atoms with Crippen molar-refractivity contribution < 1.29 is 9.59 Å². The second-order valence-corrected chi connectivity index (χ2v) is 6.24. The number of likely N-dealkylation sites (tertiary alicyclic amines) is 1. The van der Waals surface area contributed by atoms with Gasteiger partial charge in [0, 0.05) is 32.4 Å². The molecule has 3 heterocycles. The van der Waals surface area contributed by atoms with Crippen LogP contribution in [0.15, 0.2) is 18.3 Å². The molecule has 0 N–H and O–H groups in total. The summed E-state index contributed by atoms with van der Waals surface area (Å²) < 4.78 is 0. The van der Waals surface area contributed by atoms with Crippen LogP contribution in [0.3, 0.4) is 0 Å². The molecule has 0 aromatic carbocycles. The van der Waals surface area contributed by atoms with Crippen molar-refractivity contribution in [3.8, 4) is 0 Å². The van der Waals surface area contributed by atoms with Crippen LogP contribution < -0.4 is 0 Å². The van der Waals surface area contributed by atoms with E-state index < -0.39 is 0 Å². The Bertz CT molecular complexity index is 561. The lowest BCUT2D eigenvalue weighted by atomic mass is 9.99. The number of likely N-dealkylation sites (N-methyl/N-ethyl adjacent to an activating group) is 1. The summed E-state index contributed by atoms with van der Waals surface area (Å²) in [6, 6.07) is 3.41. The van der Waals surface area contributed by atoms with E-state index in [1.54, 1.807) is 17.0 Å². The number of nitrogens with zero attached hydrogens (tertiary/aromatic N) is 3. The zero-order valence-corrected chi connectivity index (χ0v) is 12.7. The molecule has 0 spiro atoms. The minimum Gasteiger partial charge on any atom is -0.341 e. The number of amides is 2. The topological polar surface area (TPSA) is 53.5 Å². The molecule has 2 aliphatic rings. The van der Waals surface area contributed by atoms with Gasteiger partial charge in [0.25, 0.3) is 5.91 Å². The van der Waals surface area contributed by atoms with Crippen LogP contribution in [0.1, 0.15) is 29.8 Å². The highest BCUT2D eigenvalue weighted by molar-refractivity contribution is 6.30. The van der Waals surface area contributed by atoms with Gasteiger partial charge >= 0.3 is 0 Å². The third kappa shape index (κ3) is 2.75. The molecule has 2 aliphatic heterocycles. The van der Waals surface area contributed by atoms with Gasteiger partial charge in [-0.1, -0.05) is 18.0 Å². The summed E-state index contributed by atoms with van der Waals surface area (Å²) in [5, 5.41) is 0.509. The summed E-state index contributed by atoms with van der Waals surface area (Å²) in [6.07, 6.45) is 4.34. The zero-order valence-electron chi connectivity index (χ0n) is 12.0. The van der Waals surface area contributed by atoms with E-state index in [1.807, 2.05) is 11.9 Å². The van der Waals surface area contributed by atoms with E-state index in [4.69, 9.17) is 11.6 Å². The average Bonchev–Trinajstić information content (AvgIpc) is 2.65. The lowest BCUT2D eigenvalue weighted by Gasteiger charge is -2.29. The smallest absolute Gasteiger partial charge is 0.272 e. The van der Waals surface area contributed by atoms with Gasteiger partial charge in [-0.25, -0.2) is 4.98 Å². The van der Waals surface area contributed by atoms with Gasteiger partial charge in [-0.05, 0) is 25.0 Å². The van der Waals surface area contributed by atoms with Gasteiger partial charge in [0.2, 0.25) is 5.91 Å². The minimum atomic E-state index is -0.119. The first-order valence-corrected chi connectivity index (χ1v) is 7.61. The number of aromatic nitrogens is 1. The van der Waals surface area contributed by atoms with Crippen LogP contribution in [-0.4, -0.2) is 52.8 Å². The summed E-state index contributed by atoms with van der Waals surface area (Å²) in [6.45, 7) is 1.07. The van der Waals surface area contributed by atoms with Crippen molar-refractivity contribution in [1.29, 1.82) is 0 Å². The maximum absolute atomic E-state index is 12.6. The average molecular weight is 308 g/mol. The Kier molecular flexibility index (Phi) is 3.85. The fraction of sp³-hybridized carbons (Fsp3) is 0.533. The fourth-order valence-electron chi connectivity index (χ4n) is 3.19. The third-order valence-corrected chi connectivity index (χ3v) is 4.66. The number of carbonyl (C=O) groups is 2. The number of pyridine rings is 1. The van der Waals surface area contributed by atoms with Gasteiger partial charge in [0.1, 0.15) is 5.69 Å². The SMILES string of the molecule is CN1C(=O)[C@@H]2CCC[C@H]1CN(C(=O)c1ccc(Cl)cn1)C2. The van der Waals surface area contributed by atoms with Crippen molar-refractivity contribution in [2.75, 3.05) is 20.1 Å². The van der Waals surface area contributed by atoms with Gasteiger partial charge in [-0.2, -0.15) is 0 Å². The molecule has 1 aromatic heterocycles. The van der Waals surface area contributed by atoms with Gasteiger partial charge in [-0.3, -0.25) is 9.59 Å². The van der Waals surface area contributed by atoms with Gasteiger partial charge in [0.05, 0.1) is 10.9 Å². The first kappa shape index (κ1) is 14.3. The Balaban J connectivity index is 1.84. The van der Waals surface area contributed by atoms with Crippen molar-refractivity contribution in [2.45, 2.75) is 25.3 Å². The van der Waals surface area contributed by atoms with E-state index in [2.05, 4.69) is 4.98 Å². The largest absolute Gasteiger partial charge is 0.341 e. The molecule has 2 atom stereocenters. The van der Waals surface area contributed by atoms with E-state index >= 15 is 0 Å². The third-order valence-electron chi connectivity index (χ3n) is 4.44. The Labute approximate surface area is 128 Å². The predicted molar refractivity (Wildman–Crippen MR) is 79.0 cm³/mol. The molecule has 21 heavy (non-hydrogen) atoms. The van der Waals surface area contributed by atoms with Gasteiger partial charge in [0.15, 0.2) is 0 Å². The molecule has 0 saturated carbocycles. The van der Waals surface area contributed by atoms with Crippen molar-refractivity contribution in [1.82, 2.24) is 14.8 Å². The highest BCUT2D eigenvalue weighted by atomic mass is 35.5. The Morgan fingerprint density at radius 2 is 2.14 bits per heavy atom. The van der Waals surface area contributed by atoms with Crippen LogP contribution in [0.5, 0.6) is 0 Å². The molecular weight excluding hydrogens is 290 g/mol. The molecule has 112 valence electrons. The number of hydrogen-bond donors (Lipinski definition) is 0. The molecule has 5 nitrogen and oxygen atoms in total. The molecule has 2 saturated heterocycles. The summed E-state index contributed by atoms with van der Waals surface area (Å²) in [4.78, 5) is 32.6. The number of rotatable bonds is 1.